The van der Waals surface area contributed by atoms with E-state index < -0.39 is 30.1 Å². The van der Waals surface area contributed by atoms with Crippen LogP contribution in [0.25, 0.3) is 22.2 Å². The number of aliphatic carboxylic acids is 1. The Balaban J connectivity index is 0.000000406. The van der Waals surface area contributed by atoms with Crippen LogP contribution < -0.4 is 0 Å². The van der Waals surface area contributed by atoms with Crippen LogP contribution in [0.15, 0.2) is 48.8 Å². The molecule has 0 atom stereocenters. The van der Waals surface area contributed by atoms with Gasteiger partial charge in [0.25, 0.3) is 0 Å². The largest absolute Gasteiger partial charge is 0.490 e. The molecule has 2 aromatic heterocycles. The maximum absolute atomic E-state index is 12.9. The van der Waals surface area contributed by atoms with Crippen molar-refractivity contribution >= 4 is 22.9 Å². The van der Waals surface area contributed by atoms with Crippen molar-refractivity contribution in [1.82, 2.24) is 14.5 Å². The number of likely N-dealkylation sites (tertiary alicyclic amines) is 1. The molecule has 34 heavy (non-hydrogen) atoms. The summed E-state index contributed by atoms with van der Waals surface area (Å²) in [7, 11) is 0. The van der Waals surface area contributed by atoms with Crippen LogP contribution in [0.5, 0.6) is 0 Å². The fraction of sp³-hybridized carbons (Fsp3) is 0.286. The molecule has 3 heterocycles. The molecule has 4 rings (SSSR count). The number of halogens is 7. The molecule has 1 saturated heterocycles. The number of hydrogen-bond acceptors (Lipinski definition) is 3. The van der Waals surface area contributed by atoms with Crippen LogP contribution in [0, 0.1) is 0 Å². The SMILES string of the molecule is O=C(Cn1ccc2ncc(-c3cccc(C(F)(F)F)c3)cc21)N1CC(F)C1.O=C(O)C(F)(F)F. The standard InChI is InChI=1S/C19H15F4N3O.C2HF3O2/c20-15-9-26(10-15)18(27)11-25-5-4-16-17(25)7-13(8-24-16)12-2-1-3-14(6-12)19(21,22)23;3-2(4,5)1(6)7/h1-8,15H,9-11H2;(H,6,7). The lowest BCUT2D eigenvalue weighted by Gasteiger charge is -2.34. The van der Waals surface area contributed by atoms with Gasteiger partial charge in [-0.2, -0.15) is 26.3 Å². The first-order chi connectivity index (χ1) is 15.8. The van der Waals surface area contributed by atoms with Crippen molar-refractivity contribution in [3.63, 3.8) is 0 Å². The van der Waals surface area contributed by atoms with Crippen molar-refractivity contribution in [3.8, 4) is 11.1 Å². The molecule has 1 fully saturated rings. The zero-order valence-electron chi connectivity index (χ0n) is 17.1. The van der Waals surface area contributed by atoms with E-state index in [0.29, 0.717) is 22.2 Å². The van der Waals surface area contributed by atoms with Crippen molar-refractivity contribution in [2.24, 2.45) is 0 Å². The van der Waals surface area contributed by atoms with Gasteiger partial charge in [-0.05, 0) is 29.8 Å². The molecular weight excluding hydrogens is 475 g/mol. The summed E-state index contributed by atoms with van der Waals surface area (Å²) in [4.78, 5) is 26.8. The van der Waals surface area contributed by atoms with Crippen LogP contribution in [0.1, 0.15) is 5.56 Å². The summed E-state index contributed by atoms with van der Waals surface area (Å²) in [5.74, 6) is -2.96. The molecule has 0 saturated carbocycles. The Morgan fingerprint density at radius 2 is 1.68 bits per heavy atom. The smallest absolute Gasteiger partial charge is 0.475 e. The molecule has 3 aromatic rings. The molecule has 0 bridgehead atoms. The van der Waals surface area contributed by atoms with Crippen LogP contribution in [0.3, 0.4) is 0 Å². The Hall–Kier alpha value is -3.64. The summed E-state index contributed by atoms with van der Waals surface area (Å²) < 4.78 is 85.2. The van der Waals surface area contributed by atoms with Gasteiger partial charge in [-0.1, -0.05) is 12.1 Å². The minimum absolute atomic E-state index is 0.0317. The lowest BCUT2D eigenvalue weighted by Crippen LogP contribution is -2.52. The molecular formula is C21H16F7N3O3. The van der Waals surface area contributed by atoms with E-state index in [0.717, 1.165) is 12.1 Å². The number of aromatic nitrogens is 2. The Kier molecular flexibility index (Phi) is 6.84. The van der Waals surface area contributed by atoms with Gasteiger partial charge in [0, 0.05) is 18.0 Å². The van der Waals surface area contributed by atoms with E-state index in [9.17, 15) is 35.5 Å². The lowest BCUT2D eigenvalue weighted by molar-refractivity contribution is -0.192. The fourth-order valence-electron chi connectivity index (χ4n) is 3.11. The first kappa shape index (κ1) is 25.0. The van der Waals surface area contributed by atoms with E-state index in [1.807, 2.05) is 0 Å². The van der Waals surface area contributed by atoms with E-state index in [4.69, 9.17) is 9.90 Å². The average molecular weight is 491 g/mol. The zero-order valence-corrected chi connectivity index (χ0v) is 17.1. The second kappa shape index (κ2) is 9.31. The summed E-state index contributed by atoms with van der Waals surface area (Å²) in [5, 5.41) is 7.12. The number of carboxylic acids is 1. The molecule has 1 aromatic carbocycles. The van der Waals surface area contributed by atoms with Crippen molar-refractivity contribution in [2.75, 3.05) is 13.1 Å². The van der Waals surface area contributed by atoms with Crippen LogP contribution in [0.4, 0.5) is 30.7 Å². The van der Waals surface area contributed by atoms with Gasteiger partial charge in [0.2, 0.25) is 5.91 Å². The van der Waals surface area contributed by atoms with Crippen LogP contribution >= 0.6 is 0 Å². The van der Waals surface area contributed by atoms with Crippen LogP contribution in [-0.2, 0) is 22.3 Å². The van der Waals surface area contributed by atoms with E-state index in [-0.39, 0.29) is 25.5 Å². The minimum Gasteiger partial charge on any atom is -0.475 e. The number of rotatable bonds is 3. The predicted octanol–water partition coefficient (Wildman–Crippen LogP) is 4.54. The normalized spacial score (nSPS) is 14.4. The van der Waals surface area contributed by atoms with Gasteiger partial charge < -0.3 is 14.6 Å². The molecule has 1 amide bonds. The second-order valence-corrected chi connectivity index (χ2v) is 7.35. The highest BCUT2D eigenvalue weighted by molar-refractivity contribution is 5.84. The van der Waals surface area contributed by atoms with Gasteiger partial charge in [-0.15, -0.1) is 0 Å². The molecule has 0 spiro atoms. The van der Waals surface area contributed by atoms with Gasteiger partial charge in [0.05, 0.1) is 29.7 Å². The van der Waals surface area contributed by atoms with E-state index >= 15 is 0 Å². The maximum Gasteiger partial charge on any atom is 0.490 e. The third-order valence-electron chi connectivity index (χ3n) is 4.88. The van der Waals surface area contributed by atoms with Gasteiger partial charge in [0.1, 0.15) is 12.7 Å². The third-order valence-corrected chi connectivity index (χ3v) is 4.88. The van der Waals surface area contributed by atoms with E-state index in [2.05, 4.69) is 4.98 Å². The Bertz CT molecular complexity index is 1200. The van der Waals surface area contributed by atoms with Crippen LogP contribution in [-0.4, -0.2) is 56.9 Å². The summed E-state index contributed by atoms with van der Waals surface area (Å²) >= 11 is 0. The summed E-state index contributed by atoms with van der Waals surface area (Å²) in [6.45, 7) is 0.238. The first-order valence-corrected chi connectivity index (χ1v) is 9.60. The summed E-state index contributed by atoms with van der Waals surface area (Å²) in [6.07, 6.45) is -7.28. The van der Waals surface area contributed by atoms with Crippen molar-refractivity contribution < 1.29 is 45.4 Å². The Labute approximate surface area is 187 Å². The molecule has 182 valence electrons. The number of benzene rings is 1. The highest BCUT2D eigenvalue weighted by Gasteiger charge is 2.38. The highest BCUT2D eigenvalue weighted by atomic mass is 19.4. The number of fused-ring (bicyclic) bond motifs is 1. The Morgan fingerprint density at radius 3 is 2.24 bits per heavy atom. The van der Waals surface area contributed by atoms with Gasteiger partial charge >= 0.3 is 18.3 Å². The number of hydrogen-bond donors (Lipinski definition) is 1. The predicted molar refractivity (Wildman–Crippen MR) is 105 cm³/mol. The monoisotopic (exact) mass is 491 g/mol. The van der Waals surface area contributed by atoms with Gasteiger partial charge in [-0.3, -0.25) is 9.78 Å². The highest BCUT2D eigenvalue weighted by Crippen LogP contribution is 2.32. The number of carbonyl (C=O) groups excluding carboxylic acids is 1. The van der Waals surface area contributed by atoms with E-state index in [1.54, 1.807) is 29.0 Å². The minimum atomic E-state index is -5.08. The quantitative estimate of drug-likeness (QED) is 0.547. The summed E-state index contributed by atoms with van der Waals surface area (Å²) in [6, 6.07) is 8.46. The number of amides is 1. The number of pyridine rings is 1. The van der Waals surface area contributed by atoms with E-state index in [1.165, 1.54) is 17.2 Å². The maximum atomic E-state index is 12.9. The molecule has 1 aliphatic rings. The first-order valence-electron chi connectivity index (χ1n) is 9.60. The topological polar surface area (TPSA) is 75.4 Å². The number of carbonyl (C=O) groups is 2. The Morgan fingerprint density at radius 1 is 1.03 bits per heavy atom. The fourth-order valence-corrected chi connectivity index (χ4v) is 3.11. The average Bonchev–Trinajstić information content (AvgIpc) is 3.12. The molecule has 6 nitrogen and oxygen atoms in total. The molecule has 1 aliphatic heterocycles. The lowest BCUT2D eigenvalue weighted by atomic mass is 10.0. The van der Waals surface area contributed by atoms with Crippen LogP contribution in [0.2, 0.25) is 0 Å². The van der Waals surface area contributed by atoms with Gasteiger partial charge in [-0.25, -0.2) is 9.18 Å². The second-order valence-electron chi connectivity index (χ2n) is 7.35. The molecule has 0 unspecified atom stereocenters. The van der Waals surface area contributed by atoms with Crippen molar-refractivity contribution in [2.45, 2.75) is 25.1 Å². The van der Waals surface area contributed by atoms with Gasteiger partial charge in [0.15, 0.2) is 0 Å². The van der Waals surface area contributed by atoms with Crippen molar-refractivity contribution in [1.29, 1.82) is 0 Å². The zero-order chi connectivity index (χ0) is 25.3. The summed E-state index contributed by atoms with van der Waals surface area (Å²) in [5.41, 5.74) is 1.44. The molecule has 0 radical (unpaired) electrons. The number of nitrogens with zero attached hydrogens (tertiary/aromatic N) is 3. The third kappa shape index (κ3) is 5.83. The number of alkyl halides is 7. The molecule has 13 heteroatoms. The van der Waals surface area contributed by atoms with Crippen molar-refractivity contribution in [3.05, 3.63) is 54.4 Å². The molecule has 0 aliphatic carbocycles. The molecule has 1 N–H and O–H groups in total. The number of carboxylic acid groups (broad SMARTS) is 1.